The van der Waals surface area contributed by atoms with Crippen molar-refractivity contribution in [2.45, 2.75) is 26.4 Å². The zero-order valence-electron chi connectivity index (χ0n) is 8.19. The number of aromatic nitrogens is 2. The van der Waals surface area contributed by atoms with Gasteiger partial charge in [0.15, 0.2) is 0 Å². The number of anilines is 1. The average Bonchev–Trinajstić information content (AvgIpc) is 2.66. The van der Waals surface area contributed by atoms with Crippen LogP contribution in [0.5, 0.6) is 0 Å². The van der Waals surface area contributed by atoms with Gasteiger partial charge in [-0.15, -0.1) is 5.10 Å². The molecule has 0 saturated carbocycles. The summed E-state index contributed by atoms with van der Waals surface area (Å²) >= 11 is 1.14. The number of carbonyl (C=O) groups is 1. The van der Waals surface area contributed by atoms with E-state index in [-0.39, 0.29) is 18.6 Å². The molecule has 0 unspecified atom stereocenters. The lowest BCUT2D eigenvalue weighted by Crippen LogP contribution is -2.21. The molecular weight excluding hydrogens is 202 g/mol. The molecule has 0 aliphatic carbocycles. The Labute approximate surface area is 86.6 Å². The van der Waals surface area contributed by atoms with Gasteiger partial charge in [0.2, 0.25) is 0 Å². The summed E-state index contributed by atoms with van der Waals surface area (Å²) in [5.74, 6) is -0.170. The Morgan fingerprint density at radius 1 is 1.79 bits per heavy atom. The van der Waals surface area contributed by atoms with Crippen LogP contribution in [-0.4, -0.2) is 28.2 Å². The van der Waals surface area contributed by atoms with Crippen molar-refractivity contribution in [2.24, 2.45) is 0 Å². The van der Waals surface area contributed by atoms with E-state index >= 15 is 0 Å². The predicted octanol–water partition coefficient (Wildman–Crippen LogP) is 1.29. The van der Waals surface area contributed by atoms with E-state index in [1.54, 1.807) is 0 Å². The molecule has 1 atom stereocenters. The molecule has 78 valence electrons. The standard InChI is InChI=1S/C8H13N3O2S/c1-3-6(2)13-5-7(12)10-8-4-9-11-14-8/h4,6H,3,5H2,1-2H3,(H,10,12)/t6-/m1/s1. The van der Waals surface area contributed by atoms with Gasteiger partial charge in [0.1, 0.15) is 11.6 Å². The summed E-state index contributed by atoms with van der Waals surface area (Å²) in [5.41, 5.74) is 0. The smallest absolute Gasteiger partial charge is 0.251 e. The zero-order valence-corrected chi connectivity index (χ0v) is 9.00. The van der Waals surface area contributed by atoms with Crippen LogP contribution >= 0.6 is 11.5 Å². The van der Waals surface area contributed by atoms with Crippen LogP contribution < -0.4 is 5.32 Å². The summed E-state index contributed by atoms with van der Waals surface area (Å²) in [6, 6.07) is 0. The Hall–Kier alpha value is -1.01. The fourth-order valence-electron chi connectivity index (χ4n) is 0.732. The fraction of sp³-hybridized carbons (Fsp3) is 0.625. The Morgan fingerprint density at radius 3 is 3.14 bits per heavy atom. The second-order valence-electron chi connectivity index (χ2n) is 2.86. The molecule has 1 aromatic heterocycles. The van der Waals surface area contributed by atoms with Crippen molar-refractivity contribution in [1.29, 1.82) is 0 Å². The van der Waals surface area contributed by atoms with Gasteiger partial charge in [0, 0.05) is 11.5 Å². The lowest BCUT2D eigenvalue weighted by Gasteiger charge is -2.09. The topological polar surface area (TPSA) is 64.1 Å². The Kier molecular flexibility index (Phi) is 4.48. The summed E-state index contributed by atoms with van der Waals surface area (Å²) in [7, 11) is 0. The van der Waals surface area contributed by atoms with Crippen LogP contribution in [0.1, 0.15) is 20.3 Å². The van der Waals surface area contributed by atoms with Crippen LogP contribution in [0, 0.1) is 0 Å². The number of amides is 1. The third-order valence-corrected chi connectivity index (χ3v) is 2.28. The zero-order chi connectivity index (χ0) is 10.4. The molecule has 0 aromatic carbocycles. The molecular formula is C8H13N3O2S. The van der Waals surface area contributed by atoms with E-state index in [4.69, 9.17) is 4.74 Å². The van der Waals surface area contributed by atoms with Crippen LogP contribution in [0.25, 0.3) is 0 Å². The summed E-state index contributed by atoms with van der Waals surface area (Å²) in [4.78, 5) is 11.2. The van der Waals surface area contributed by atoms with Crippen molar-refractivity contribution in [3.8, 4) is 0 Å². The Bertz CT molecular complexity index is 276. The lowest BCUT2D eigenvalue weighted by molar-refractivity contribution is -0.122. The first-order valence-corrected chi connectivity index (χ1v) is 5.18. The monoisotopic (exact) mass is 215 g/mol. The second-order valence-corrected chi connectivity index (χ2v) is 3.65. The van der Waals surface area contributed by atoms with E-state index in [0.29, 0.717) is 5.00 Å². The molecule has 1 N–H and O–H groups in total. The minimum Gasteiger partial charge on any atom is -0.369 e. The molecule has 6 heteroatoms. The van der Waals surface area contributed by atoms with Gasteiger partial charge in [0.05, 0.1) is 12.3 Å². The van der Waals surface area contributed by atoms with Crippen molar-refractivity contribution < 1.29 is 9.53 Å². The maximum atomic E-state index is 11.2. The fourth-order valence-corrected chi connectivity index (χ4v) is 1.17. The highest BCUT2D eigenvalue weighted by Crippen LogP contribution is 2.08. The van der Waals surface area contributed by atoms with Gasteiger partial charge in [-0.05, 0) is 13.3 Å². The van der Waals surface area contributed by atoms with Crippen LogP contribution in [0.4, 0.5) is 5.00 Å². The number of rotatable bonds is 5. The quantitative estimate of drug-likeness (QED) is 0.804. The molecule has 0 spiro atoms. The molecule has 1 amide bonds. The maximum Gasteiger partial charge on any atom is 0.251 e. The number of carbonyl (C=O) groups excluding carboxylic acids is 1. The molecule has 0 fully saturated rings. The average molecular weight is 215 g/mol. The van der Waals surface area contributed by atoms with Crippen LogP contribution in [-0.2, 0) is 9.53 Å². The number of hydrogen-bond acceptors (Lipinski definition) is 5. The number of ether oxygens (including phenoxy) is 1. The molecule has 1 rings (SSSR count). The minimum absolute atomic E-state index is 0.0763. The molecule has 0 aliphatic rings. The molecule has 5 nitrogen and oxygen atoms in total. The number of nitrogens with one attached hydrogen (secondary N) is 1. The molecule has 0 saturated heterocycles. The highest BCUT2D eigenvalue weighted by atomic mass is 32.1. The van der Waals surface area contributed by atoms with Crippen molar-refractivity contribution in [1.82, 2.24) is 9.59 Å². The first kappa shape index (κ1) is 11.1. The van der Waals surface area contributed by atoms with Crippen LogP contribution in [0.2, 0.25) is 0 Å². The normalized spacial score (nSPS) is 12.4. The second kappa shape index (κ2) is 5.66. The summed E-state index contributed by atoms with van der Waals surface area (Å²) in [6.07, 6.45) is 2.52. The van der Waals surface area contributed by atoms with E-state index in [1.807, 2.05) is 13.8 Å². The SMILES string of the molecule is CC[C@@H](C)OCC(=O)Nc1cnns1. The lowest BCUT2D eigenvalue weighted by atomic mass is 10.3. The van der Waals surface area contributed by atoms with Gasteiger partial charge in [0.25, 0.3) is 5.91 Å². The first-order valence-electron chi connectivity index (χ1n) is 4.41. The third kappa shape index (κ3) is 3.80. The largest absolute Gasteiger partial charge is 0.369 e. The summed E-state index contributed by atoms with van der Waals surface area (Å²) in [5, 5.41) is 6.87. The van der Waals surface area contributed by atoms with E-state index in [1.165, 1.54) is 6.20 Å². The summed E-state index contributed by atoms with van der Waals surface area (Å²) < 4.78 is 8.88. The van der Waals surface area contributed by atoms with Crippen molar-refractivity contribution in [2.75, 3.05) is 11.9 Å². The maximum absolute atomic E-state index is 11.2. The van der Waals surface area contributed by atoms with Crippen molar-refractivity contribution in [3.63, 3.8) is 0 Å². The molecule has 0 aliphatic heterocycles. The Morgan fingerprint density at radius 2 is 2.57 bits per heavy atom. The van der Waals surface area contributed by atoms with E-state index < -0.39 is 0 Å². The van der Waals surface area contributed by atoms with Gasteiger partial charge < -0.3 is 10.1 Å². The van der Waals surface area contributed by atoms with Gasteiger partial charge in [-0.1, -0.05) is 11.4 Å². The van der Waals surface area contributed by atoms with E-state index in [9.17, 15) is 4.79 Å². The van der Waals surface area contributed by atoms with Gasteiger partial charge in [-0.25, -0.2) is 0 Å². The van der Waals surface area contributed by atoms with Crippen molar-refractivity contribution in [3.05, 3.63) is 6.20 Å². The van der Waals surface area contributed by atoms with Crippen LogP contribution in [0.15, 0.2) is 6.20 Å². The van der Waals surface area contributed by atoms with Gasteiger partial charge in [-0.3, -0.25) is 4.79 Å². The molecule has 1 heterocycles. The highest BCUT2D eigenvalue weighted by molar-refractivity contribution is 7.10. The van der Waals surface area contributed by atoms with E-state index in [0.717, 1.165) is 18.0 Å². The third-order valence-electron chi connectivity index (χ3n) is 1.70. The van der Waals surface area contributed by atoms with Gasteiger partial charge in [-0.2, -0.15) is 0 Å². The molecule has 0 bridgehead atoms. The molecule has 1 aromatic rings. The predicted molar refractivity (Wildman–Crippen MR) is 54.2 cm³/mol. The number of hydrogen-bond donors (Lipinski definition) is 1. The van der Waals surface area contributed by atoms with E-state index in [2.05, 4.69) is 14.9 Å². The molecule has 14 heavy (non-hydrogen) atoms. The summed E-state index contributed by atoms with van der Waals surface area (Å²) in [6.45, 7) is 4.02. The van der Waals surface area contributed by atoms with Gasteiger partial charge >= 0.3 is 0 Å². The van der Waals surface area contributed by atoms with Crippen LogP contribution in [0.3, 0.4) is 0 Å². The molecule has 0 radical (unpaired) electrons. The Balaban J connectivity index is 2.23. The minimum atomic E-state index is -0.170. The highest BCUT2D eigenvalue weighted by Gasteiger charge is 2.06. The number of nitrogens with zero attached hydrogens (tertiary/aromatic N) is 2. The first-order chi connectivity index (χ1) is 6.72. The van der Waals surface area contributed by atoms with Crippen molar-refractivity contribution >= 4 is 22.4 Å².